The van der Waals surface area contributed by atoms with Gasteiger partial charge in [-0.1, -0.05) is 35.5 Å². The third-order valence-electron chi connectivity index (χ3n) is 8.06. The molecule has 0 aliphatic carbocycles. The average Bonchev–Trinajstić information content (AvgIpc) is 3.46. The molecule has 216 valence electrons. The van der Waals surface area contributed by atoms with Gasteiger partial charge in [0.2, 0.25) is 0 Å². The van der Waals surface area contributed by atoms with Crippen LogP contribution in [0.1, 0.15) is 51.6 Å². The van der Waals surface area contributed by atoms with E-state index in [1.807, 2.05) is 75.1 Å². The minimum atomic E-state index is -0.111. The van der Waals surface area contributed by atoms with Crippen LogP contribution in [0.15, 0.2) is 65.2 Å². The van der Waals surface area contributed by atoms with Gasteiger partial charge in [0.25, 0.3) is 11.8 Å². The Bertz CT molecular complexity index is 1790. The fraction of sp³-hybridized carbons (Fsp3) is 0.324. The lowest BCUT2D eigenvalue weighted by molar-refractivity contribution is -0.0586. The summed E-state index contributed by atoms with van der Waals surface area (Å²) in [6.07, 6.45) is -0.0532. The van der Waals surface area contributed by atoms with Gasteiger partial charge in [-0.25, -0.2) is 0 Å². The average molecular weight is 565 g/mol. The summed E-state index contributed by atoms with van der Waals surface area (Å²) < 4.78 is 13.6. The van der Waals surface area contributed by atoms with Crippen molar-refractivity contribution in [2.75, 3.05) is 27.2 Å². The summed E-state index contributed by atoms with van der Waals surface area (Å²) in [4.78, 5) is 31.0. The number of ether oxygens (including phenoxy) is 1. The molecular weight excluding hydrogens is 528 g/mol. The molecule has 8 nitrogen and oxygen atoms in total. The van der Waals surface area contributed by atoms with Crippen LogP contribution in [0.5, 0.6) is 0 Å². The van der Waals surface area contributed by atoms with Crippen LogP contribution in [-0.4, -0.2) is 70.7 Å². The van der Waals surface area contributed by atoms with E-state index in [0.29, 0.717) is 36.5 Å². The van der Waals surface area contributed by atoms with Gasteiger partial charge in [-0.2, -0.15) is 0 Å². The second-order valence-electron chi connectivity index (χ2n) is 11.6. The number of amides is 2. The number of benzene rings is 3. The standard InChI is InChI=1S/C34H36N4O4/c1-20-17-37(18-21(2)41-20)33(39)25-12-13-29-27(14-25)32-28(34(40)36(5)6)15-26(31-22(3)35-42-23(31)4)16-30(32)38(29)19-24-10-8-7-9-11-24/h7-16,20-21H,17-19H2,1-6H3/t20-,21+. The first-order chi connectivity index (χ1) is 20.1. The van der Waals surface area contributed by atoms with E-state index in [4.69, 9.17) is 9.26 Å². The Morgan fingerprint density at radius 3 is 2.31 bits per heavy atom. The van der Waals surface area contributed by atoms with E-state index in [2.05, 4.69) is 27.9 Å². The number of nitrogens with zero attached hydrogens (tertiary/aromatic N) is 4. The lowest BCUT2D eigenvalue weighted by Crippen LogP contribution is -2.48. The maximum Gasteiger partial charge on any atom is 0.254 e. The number of morpholine rings is 1. The Kier molecular flexibility index (Phi) is 7.10. The zero-order valence-corrected chi connectivity index (χ0v) is 25.0. The predicted molar refractivity (Wildman–Crippen MR) is 164 cm³/mol. The molecule has 2 amide bonds. The molecule has 3 aromatic carbocycles. The smallest absolute Gasteiger partial charge is 0.254 e. The molecule has 8 heteroatoms. The first-order valence-electron chi connectivity index (χ1n) is 14.4. The molecule has 1 aliphatic heterocycles. The fourth-order valence-electron chi connectivity index (χ4n) is 6.27. The van der Waals surface area contributed by atoms with Crippen LogP contribution in [0.25, 0.3) is 32.9 Å². The topological polar surface area (TPSA) is 80.8 Å². The zero-order valence-electron chi connectivity index (χ0n) is 25.0. The molecule has 0 radical (unpaired) electrons. The number of aryl methyl sites for hydroxylation is 2. The normalized spacial score (nSPS) is 17.2. The van der Waals surface area contributed by atoms with E-state index < -0.39 is 0 Å². The monoisotopic (exact) mass is 564 g/mol. The zero-order chi connectivity index (χ0) is 29.7. The third kappa shape index (κ3) is 4.86. The Hall–Kier alpha value is -4.43. The minimum absolute atomic E-state index is 0.0266. The number of carbonyl (C=O) groups is 2. The van der Waals surface area contributed by atoms with Crippen molar-refractivity contribution in [3.05, 3.63) is 88.8 Å². The second kappa shape index (κ2) is 10.8. The van der Waals surface area contributed by atoms with E-state index in [1.165, 1.54) is 0 Å². The van der Waals surface area contributed by atoms with Crippen LogP contribution in [0, 0.1) is 13.8 Å². The van der Waals surface area contributed by atoms with Gasteiger partial charge in [0, 0.05) is 61.1 Å². The molecule has 1 aliphatic rings. The van der Waals surface area contributed by atoms with E-state index in [-0.39, 0.29) is 24.0 Å². The van der Waals surface area contributed by atoms with Gasteiger partial charge >= 0.3 is 0 Å². The molecular formula is C34H36N4O4. The van der Waals surface area contributed by atoms with Gasteiger partial charge in [-0.05, 0) is 69.2 Å². The number of fused-ring (bicyclic) bond motifs is 3. The Morgan fingerprint density at radius 2 is 1.67 bits per heavy atom. The summed E-state index contributed by atoms with van der Waals surface area (Å²) in [6.45, 7) is 9.47. The van der Waals surface area contributed by atoms with Gasteiger partial charge in [0.15, 0.2) is 0 Å². The number of hydrogen-bond donors (Lipinski definition) is 0. The van der Waals surface area contributed by atoms with E-state index in [9.17, 15) is 9.59 Å². The number of carbonyl (C=O) groups excluding carboxylic acids is 2. The molecule has 0 spiro atoms. The quantitative estimate of drug-likeness (QED) is 0.259. The van der Waals surface area contributed by atoms with Crippen molar-refractivity contribution in [2.45, 2.75) is 46.4 Å². The molecule has 2 aromatic heterocycles. The summed E-state index contributed by atoms with van der Waals surface area (Å²) in [5.74, 6) is 0.554. The molecule has 0 N–H and O–H groups in total. The van der Waals surface area contributed by atoms with Crippen LogP contribution in [0.3, 0.4) is 0 Å². The Morgan fingerprint density at radius 1 is 0.952 bits per heavy atom. The maximum atomic E-state index is 13.8. The van der Waals surface area contributed by atoms with E-state index in [0.717, 1.165) is 44.2 Å². The molecule has 3 heterocycles. The van der Waals surface area contributed by atoms with Gasteiger partial charge in [-0.15, -0.1) is 0 Å². The van der Waals surface area contributed by atoms with Crippen molar-refractivity contribution in [2.24, 2.45) is 0 Å². The van der Waals surface area contributed by atoms with E-state index in [1.54, 1.807) is 19.0 Å². The summed E-state index contributed by atoms with van der Waals surface area (Å²) in [5.41, 5.74) is 6.69. The van der Waals surface area contributed by atoms with Crippen molar-refractivity contribution in [1.82, 2.24) is 19.5 Å². The molecule has 42 heavy (non-hydrogen) atoms. The molecule has 5 aromatic rings. The molecule has 6 rings (SSSR count). The van der Waals surface area contributed by atoms with Crippen molar-refractivity contribution in [1.29, 1.82) is 0 Å². The highest BCUT2D eigenvalue weighted by Gasteiger charge is 2.28. The fourth-order valence-corrected chi connectivity index (χ4v) is 6.27. The SMILES string of the molecule is Cc1noc(C)c1-c1cc(C(=O)N(C)C)c2c3cc(C(=O)N4C[C@@H](C)O[C@@H](C)C4)ccc3n(Cc3ccccc3)c2c1. The molecule has 0 saturated carbocycles. The Labute approximate surface area is 245 Å². The van der Waals surface area contributed by atoms with Crippen molar-refractivity contribution < 1.29 is 18.8 Å². The lowest BCUT2D eigenvalue weighted by atomic mass is 9.96. The molecule has 1 saturated heterocycles. The van der Waals surface area contributed by atoms with Gasteiger partial charge < -0.3 is 23.6 Å². The van der Waals surface area contributed by atoms with Crippen molar-refractivity contribution in [3.8, 4) is 11.1 Å². The molecule has 0 bridgehead atoms. The van der Waals surface area contributed by atoms with Crippen LogP contribution >= 0.6 is 0 Å². The molecule has 2 atom stereocenters. The second-order valence-corrected chi connectivity index (χ2v) is 11.6. The molecule has 0 unspecified atom stereocenters. The largest absolute Gasteiger partial charge is 0.372 e. The minimum Gasteiger partial charge on any atom is -0.372 e. The van der Waals surface area contributed by atoms with Crippen molar-refractivity contribution in [3.63, 3.8) is 0 Å². The first kappa shape index (κ1) is 27.7. The van der Waals surface area contributed by atoms with Crippen LogP contribution in [0.2, 0.25) is 0 Å². The summed E-state index contributed by atoms with van der Waals surface area (Å²) in [7, 11) is 3.52. The number of hydrogen-bond acceptors (Lipinski definition) is 5. The van der Waals surface area contributed by atoms with Gasteiger partial charge in [0.1, 0.15) is 5.76 Å². The van der Waals surface area contributed by atoms with E-state index >= 15 is 0 Å². The third-order valence-corrected chi connectivity index (χ3v) is 8.06. The first-order valence-corrected chi connectivity index (χ1v) is 14.4. The van der Waals surface area contributed by atoms with Crippen LogP contribution in [0.4, 0.5) is 0 Å². The van der Waals surface area contributed by atoms with Crippen LogP contribution in [-0.2, 0) is 11.3 Å². The highest BCUT2D eigenvalue weighted by atomic mass is 16.5. The molecule has 1 fully saturated rings. The number of aromatic nitrogens is 2. The summed E-state index contributed by atoms with van der Waals surface area (Å²) in [5, 5.41) is 5.87. The summed E-state index contributed by atoms with van der Waals surface area (Å²) in [6, 6.07) is 20.2. The number of rotatable bonds is 5. The van der Waals surface area contributed by atoms with Crippen molar-refractivity contribution >= 4 is 33.6 Å². The lowest BCUT2D eigenvalue weighted by Gasteiger charge is -2.35. The van der Waals surface area contributed by atoms with Gasteiger partial charge in [-0.3, -0.25) is 9.59 Å². The van der Waals surface area contributed by atoms with Gasteiger partial charge in [0.05, 0.1) is 29.0 Å². The highest BCUT2D eigenvalue weighted by molar-refractivity contribution is 6.20. The highest BCUT2D eigenvalue weighted by Crippen LogP contribution is 2.38. The van der Waals surface area contributed by atoms with Crippen LogP contribution < -0.4 is 0 Å². The summed E-state index contributed by atoms with van der Waals surface area (Å²) >= 11 is 0. The maximum absolute atomic E-state index is 13.8. The predicted octanol–water partition coefficient (Wildman–Crippen LogP) is 6.07. The Balaban J connectivity index is 1.62.